The van der Waals surface area contributed by atoms with Crippen molar-refractivity contribution in [2.75, 3.05) is 26.2 Å². The Morgan fingerprint density at radius 2 is 2.04 bits per heavy atom. The van der Waals surface area contributed by atoms with Gasteiger partial charge in [-0.05, 0) is 45.7 Å². The fraction of sp³-hybridized carbons (Fsp3) is 0.619. The fourth-order valence-corrected chi connectivity index (χ4v) is 4.39. The summed E-state index contributed by atoms with van der Waals surface area (Å²) in [6.45, 7) is 7.19. The van der Waals surface area contributed by atoms with Gasteiger partial charge in [-0.3, -0.25) is 14.5 Å². The highest BCUT2D eigenvalue weighted by molar-refractivity contribution is 5.78. The lowest BCUT2D eigenvalue weighted by Gasteiger charge is -2.49. The van der Waals surface area contributed by atoms with Gasteiger partial charge in [-0.2, -0.15) is 0 Å². The Kier molecular flexibility index (Phi) is 6.15. The second-order valence-electron chi connectivity index (χ2n) is 8.30. The van der Waals surface area contributed by atoms with Gasteiger partial charge in [0.15, 0.2) is 0 Å². The Labute approximate surface area is 160 Å². The smallest absolute Gasteiger partial charge is 0.234 e. The van der Waals surface area contributed by atoms with Crippen LogP contribution in [0.1, 0.15) is 45.1 Å². The fourth-order valence-electron chi connectivity index (χ4n) is 4.39. The van der Waals surface area contributed by atoms with Crippen LogP contribution in [0.4, 0.5) is 4.39 Å². The van der Waals surface area contributed by atoms with Gasteiger partial charge in [-0.15, -0.1) is 0 Å². The predicted molar refractivity (Wildman–Crippen MR) is 102 cm³/mol. The highest BCUT2D eigenvalue weighted by atomic mass is 19.1. The number of rotatable bonds is 5. The number of amides is 2. The normalized spacial score (nSPS) is 23.9. The number of nitrogens with zero attached hydrogens (tertiary/aromatic N) is 2. The van der Waals surface area contributed by atoms with Crippen LogP contribution < -0.4 is 5.32 Å². The molecule has 1 N–H and O–H groups in total. The van der Waals surface area contributed by atoms with Crippen LogP contribution in [0.25, 0.3) is 0 Å². The summed E-state index contributed by atoms with van der Waals surface area (Å²) in [5, 5.41) is 2.83. The number of likely N-dealkylation sites (tertiary alicyclic amines) is 2. The van der Waals surface area contributed by atoms with Gasteiger partial charge < -0.3 is 10.2 Å². The first-order valence-electron chi connectivity index (χ1n) is 9.90. The number of carbonyl (C=O) groups excluding carboxylic acids is 2. The molecule has 1 atom stereocenters. The first-order chi connectivity index (χ1) is 12.9. The summed E-state index contributed by atoms with van der Waals surface area (Å²) >= 11 is 0. The summed E-state index contributed by atoms with van der Waals surface area (Å²) in [4.78, 5) is 28.7. The molecule has 2 aliphatic heterocycles. The molecule has 2 aliphatic rings. The Balaban J connectivity index is 1.54. The molecule has 0 bridgehead atoms. The maximum absolute atomic E-state index is 13.7. The van der Waals surface area contributed by atoms with Crippen molar-refractivity contribution in [1.82, 2.24) is 15.1 Å². The molecule has 1 spiro atoms. The lowest BCUT2D eigenvalue weighted by molar-refractivity contribution is -0.142. The van der Waals surface area contributed by atoms with Gasteiger partial charge in [0.25, 0.3) is 0 Å². The molecule has 2 fully saturated rings. The highest BCUT2D eigenvalue weighted by Crippen LogP contribution is 2.39. The average molecular weight is 375 g/mol. The SMILES string of the molecule is CC(C)N1CC2(CCCN(CC(=O)NCc3ccccc3F)C2)CCC1=O. The van der Waals surface area contributed by atoms with Gasteiger partial charge in [0.1, 0.15) is 5.82 Å². The van der Waals surface area contributed by atoms with Crippen molar-refractivity contribution < 1.29 is 14.0 Å². The maximum atomic E-state index is 13.7. The van der Waals surface area contributed by atoms with Crippen molar-refractivity contribution >= 4 is 11.8 Å². The van der Waals surface area contributed by atoms with Crippen molar-refractivity contribution in [3.63, 3.8) is 0 Å². The van der Waals surface area contributed by atoms with E-state index in [2.05, 4.69) is 24.1 Å². The van der Waals surface area contributed by atoms with Crippen LogP contribution in [0.15, 0.2) is 24.3 Å². The van der Waals surface area contributed by atoms with Crippen LogP contribution in [0.5, 0.6) is 0 Å². The summed E-state index contributed by atoms with van der Waals surface area (Å²) in [5.41, 5.74) is 0.599. The molecule has 0 aliphatic carbocycles. The van der Waals surface area contributed by atoms with Crippen LogP contribution in [-0.2, 0) is 16.1 Å². The van der Waals surface area contributed by atoms with E-state index >= 15 is 0 Å². The molecule has 2 saturated heterocycles. The molecule has 1 aromatic rings. The van der Waals surface area contributed by atoms with Crippen LogP contribution in [0.3, 0.4) is 0 Å². The first kappa shape index (κ1) is 19.8. The first-order valence-corrected chi connectivity index (χ1v) is 9.90. The number of halogens is 1. The zero-order valence-corrected chi connectivity index (χ0v) is 16.3. The number of carbonyl (C=O) groups is 2. The minimum atomic E-state index is -0.296. The van der Waals surface area contributed by atoms with Gasteiger partial charge in [-0.1, -0.05) is 18.2 Å². The van der Waals surface area contributed by atoms with Crippen LogP contribution in [-0.4, -0.2) is 53.8 Å². The van der Waals surface area contributed by atoms with Gasteiger partial charge in [0.2, 0.25) is 11.8 Å². The molecule has 0 saturated carbocycles. The molecule has 2 amide bonds. The lowest BCUT2D eigenvalue weighted by Crippen LogP contribution is -2.56. The van der Waals surface area contributed by atoms with Crippen molar-refractivity contribution in [2.24, 2.45) is 5.41 Å². The molecule has 2 heterocycles. The largest absolute Gasteiger partial charge is 0.351 e. The molecule has 148 valence electrons. The summed E-state index contributed by atoms with van der Waals surface area (Å²) in [5.74, 6) is -0.131. The summed E-state index contributed by atoms with van der Waals surface area (Å²) in [6.07, 6.45) is 3.66. The van der Waals surface area contributed by atoms with E-state index in [0.29, 0.717) is 18.5 Å². The molecule has 3 rings (SSSR count). The van der Waals surface area contributed by atoms with Gasteiger partial charge in [-0.25, -0.2) is 4.39 Å². The maximum Gasteiger partial charge on any atom is 0.234 e. The van der Waals surface area contributed by atoms with E-state index in [9.17, 15) is 14.0 Å². The number of benzene rings is 1. The minimum Gasteiger partial charge on any atom is -0.351 e. The van der Waals surface area contributed by atoms with E-state index in [0.717, 1.165) is 38.9 Å². The zero-order chi connectivity index (χ0) is 19.4. The second-order valence-corrected chi connectivity index (χ2v) is 8.30. The van der Waals surface area contributed by atoms with E-state index in [4.69, 9.17) is 0 Å². The Bertz CT molecular complexity index is 694. The lowest BCUT2D eigenvalue weighted by atomic mass is 9.73. The molecule has 1 aromatic carbocycles. The third-order valence-electron chi connectivity index (χ3n) is 5.86. The Hall–Kier alpha value is -1.95. The topological polar surface area (TPSA) is 52.6 Å². The van der Waals surface area contributed by atoms with Gasteiger partial charge in [0, 0.05) is 43.1 Å². The number of piperidine rings is 2. The average Bonchev–Trinajstić information content (AvgIpc) is 2.63. The molecule has 27 heavy (non-hydrogen) atoms. The van der Waals surface area contributed by atoms with E-state index in [-0.39, 0.29) is 35.6 Å². The molecule has 5 nitrogen and oxygen atoms in total. The molecular weight excluding hydrogens is 345 g/mol. The van der Waals surface area contributed by atoms with Crippen LogP contribution in [0, 0.1) is 11.2 Å². The minimum absolute atomic E-state index is 0.0806. The summed E-state index contributed by atoms with van der Waals surface area (Å²) in [7, 11) is 0. The van der Waals surface area contributed by atoms with E-state index in [1.165, 1.54) is 6.07 Å². The zero-order valence-electron chi connectivity index (χ0n) is 16.3. The Morgan fingerprint density at radius 3 is 2.78 bits per heavy atom. The van der Waals surface area contributed by atoms with E-state index in [1.54, 1.807) is 18.2 Å². The van der Waals surface area contributed by atoms with E-state index in [1.807, 2.05) is 4.90 Å². The van der Waals surface area contributed by atoms with E-state index < -0.39 is 0 Å². The van der Waals surface area contributed by atoms with Crippen LogP contribution in [0.2, 0.25) is 0 Å². The predicted octanol–water partition coefficient (Wildman–Crippen LogP) is 2.55. The summed E-state index contributed by atoms with van der Waals surface area (Å²) in [6, 6.07) is 6.72. The molecule has 0 aromatic heterocycles. The highest BCUT2D eigenvalue weighted by Gasteiger charge is 2.42. The molecule has 1 unspecified atom stereocenters. The third kappa shape index (κ3) is 4.86. The van der Waals surface area contributed by atoms with Crippen molar-refractivity contribution in [3.05, 3.63) is 35.6 Å². The monoisotopic (exact) mass is 375 g/mol. The summed E-state index contributed by atoms with van der Waals surface area (Å²) < 4.78 is 13.7. The molecule has 0 radical (unpaired) electrons. The van der Waals surface area contributed by atoms with Crippen LogP contribution >= 0.6 is 0 Å². The second kappa shape index (κ2) is 8.38. The van der Waals surface area contributed by atoms with Crippen molar-refractivity contribution in [1.29, 1.82) is 0 Å². The van der Waals surface area contributed by atoms with Gasteiger partial charge in [0.05, 0.1) is 6.54 Å². The number of nitrogens with one attached hydrogen (secondary N) is 1. The molecular formula is C21H30FN3O2. The third-order valence-corrected chi connectivity index (χ3v) is 5.86. The number of hydrogen-bond donors (Lipinski definition) is 1. The molecule has 6 heteroatoms. The van der Waals surface area contributed by atoms with Crippen molar-refractivity contribution in [2.45, 2.75) is 52.1 Å². The quantitative estimate of drug-likeness (QED) is 0.861. The van der Waals surface area contributed by atoms with Gasteiger partial charge >= 0.3 is 0 Å². The number of hydrogen-bond acceptors (Lipinski definition) is 3. The Morgan fingerprint density at radius 1 is 1.26 bits per heavy atom. The standard InChI is InChI=1S/C21H30FN3O2/c1-16(2)25-15-21(10-8-20(25)27)9-5-11-24(14-21)13-19(26)23-12-17-6-3-4-7-18(17)22/h3-4,6-7,16H,5,8-15H2,1-2H3,(H,23,26). The van der Waals surface area contributed by atoms with Crippen molar-refractivity contribution in [3.8, 4) is 0 Å².